The molecular formula is C33H36O2. The second-order valence-corrected chi connectivity index (χ2v) is 10.2. The first-order chi connectivity index (χ1) is 16.6. The standard InChI is InChI=1S/C33H36O2/c1-21-9-11-26(12-10-21)27-13-15-30(16-14-27)35-32-24(4)19-29(20-25(32)5)33(6,7)28-17-22(2)31(34-8)23(3)18-28/h9-20H,1-8H3. The van der Waals surface area contributed by atoms with Crippen LogP contribution >= 0.6 is 0 Å². The summed E-state index contributed by atoms with van der Waals surface area (Å²) in [5.74, 6) is 2.74. The maximum absolute atomic E-state index is 6.38. The maximum Gasteiger partial charge on any atom is 0.133 e. The van der Waals surface area contributed by atoms with E-state index in [4.69, 9.17) is 9.47 Å². The summed E-state index contributed by atoms with van der Waals surface area (Å²) in [6.45, 7) is 15.2. The topological polar surface area (TPSA) is 18.5 Å². The number of hydrogen-bond donors (Lipinski definition) is 0. The van der Waals surface area contributed by atoms with E-state index in [0.717, 1.165) is 39.5 Å². The third-order valence-corrected chi connectivity index (χ3v) is 7.03. The number of aryl methyl sites for hydroxylation is 5. The van der Waals surface area contributed by atoms with Crippen LogP contribution in [0.1, 0.15) is 52.8 Å². The van der Waals surface area contributed by atoms with E-state index in [1.807, 2.05) is 0 Å². The van der Waals surface area contributed by atoms with Gasteiger partial charge in [-0.2, -0.15) is 0 Å². The molecule has 4 aromatic rings. The zero-order chi connectivity index (χ0) is 25.3. The van der Waals surface area contributed by atoms with Crippen LogP contribution in [0.15, 0.2) is 72.8 Å². The molecule has 4 rings (SSSR count). The van der Waals surface area contributed by atoms with Crippen LogP contribution in [-0.2, 0) is 5.41 Å². The van der Waals surface area contributed by atoms with Crippen molar-refractivity contribution in [3.05, 3.63) is 112 Å². The highest BCUT2D eigenvalue weighted by Crippen LogP contribution is 2.39. The van der Waals surface area contributed by atoms with Crippen LogP contribution in [0.4, 0.5) is 0 Å². The Labute approximate surface area is 210 Å². The Bertz CT molecular complexity index is 1300. The van der Waals surface area contributed by atoms with Crippen molar-refractivity contribution in [3.8, 4) is 28.4 Å². The molecule has 0 aliphatic heterocycles. The molecule has 0 saturated heterocycles. The summed E-state index contributed by atoms with van der Waals surface area (Å²) in [5.41, 5.74) is 10.7. The lowest BCUT2D eigenvalue weighted by Crippen LogP contribution is -2.20. The van der Waals surface area contributed by atoms with E-state index < -0.39 is 0 Å². The first kappa shape index (κ1) is 24.6. The lowest BCUT2D eigenvalue weighted by atomic mass is 9.76. The zero-order valence-corrected chi connectivity index (χ0v) is 22.2. The molecule has 0 aliphatic carbocycles. The maximum atomic E-state index is 6.38. The van der Waals surface area contributed by atoms with Crippen LogP contribution in [0.5, 0.6) is 17.2 Å². The molecule has 2 heteroatoms. The van der Waals surface area contributed by atoms with Gasteiger partial charge in [0.2, 0.25) is 0 Å². The fourth-order valence-corrected chi connectivity index (χ4v) is 4.85. The third kappa shape index (κ3) is 4.98. The van der Waals surface area contributed by atoms with E-state index in [2.05, 4.69) is 121 Å². The van der Waals surface area contributed by atoms with Gasteiger partial charge < -0.3 is 9.47 Å². The lowest BCUT2D eigenvalue weighted by Gasteiger charge is -2.29. The summed E-state index contributed by atoms with van der Waals surface area (Å²) >= 11 is 0. The van der Waals surface area contributed by atoms with E-state index >= 15 is 0 Å². The van der Waals surface area contributed by atoms with Crippen molar-refractivity contribution in [1.82, 2.24) is 0 Å². The molecule has 0 saturated carbocycles. The fourth-order valence-electron chi connectivity index (χ4n) is 4.85. The van der Waals surface area contributed by atoms with Crippen LogP contribution in [0, 0.1) is 34.6 Å². The summed E-state index contributed by atoms with van der Waals surface area (Å²) < 4.78 is 12.0. The Hall–Kier alpha value is -3.52. The first-order valence-corrected chi connectivity index (χ1v) is 12.2. The molecule has 180 valence electrons. The summed E-state index contributed by atoms with van der Waals surface area (Å²) in [6, 6.07) is 26.0. The monoisotopic (exact) mass is 464 g/mol. The van der Waals surface area contributed by atoms with Crippen LogP contribution in [0.25, 0.3) is 11.1 Å². The molecule has 4 aromatic carbocycles. The number of ether oxygens (including phenoxy) is 2. The van der Waals surface area contributed by atoms with Gasteiger partial charge in [0.1, 0.15) is 17.2 Å². The van der Waals surface area contributed by atoms with Gasteiger partial charge in [-0.3, -0.25) is 0 Å². The van der Waals surface area contributed by atoms with Crippen molar-refractivity contribution < 1.29 is 9.47 Å². The molecular weight excluding hydrogens is 428 g/mol. The van der Waals surface area contributed by atoms with Crippen molar-refractivity contribution in [1.29, 1.82) is 0 Å². The third-order valence-electron chi connectivity index (χ3n) is 7.03. The van der Waals surface area contributed by atoms with Crippen molar-refractivity contribution in [2.75, 3.05) is 7.11 Å². The lowest BCUT2D eigenvalue weighted by molar-refractivity contribution is 0.408. The molecule has 0 bridgehead atoms. The zero-order valence-electron chi connectivity index (χ0n) is 22.2. The second-order valence-electron chi connectivity index (χ2n) is 10.2. The van der Waals surface area contributed by atoms with Gasteiger partial charge in [0.15, 0.2) is 0 Å². The summed E-state index contributed by atoms with van der Waals surface area (Å²) in [4.78, 5) is 0. The van der Waals surface area contributed by atoms with Gasteiger partial charge in [0, 0.05) is 5.41 Å². The fraction of sp³-hybridized carbons (Fsp3) is 0.273. The molecule has 0 heterocycles. The number of hydrogen-bond acceptors (Lipinski definition) is 2. The van der Waals surface area contributed by atoms with Gasteiger partial charge in [-0.15, -0.1) is 0 Å². The van der Waals surface area contributed by atoms with E-state index in [0.29, 0.717) is 0 Å². The predicted octanol–water partition coefficient (Wildman–Crippen LogP) is 9.02. The highest BCUT2D eigenvalue weighted by Gasteiger charge is 2.26. The van der Waals surface area contributed by atoms with Crippen molar-refractivity contribution in [2.24, 2.45) is 0 Å². The first-order valence-electron chi connectivity index (χ1n) is 12.2. The Balaban J connectivity index is 1.61. The molecule has 2 nitrogen and oxygen atoms in total. The second kappa shape index (κ2) is 9.62. The van der Waals surface area contributed by atoms with Gasteiger partial charge in [-0.05, 0) is 91.3 Å². The molecule has 0 spiro atoms. The number of rotatable bonds is 6. The molecule has 0 fully saturated rings. The summed E-state index contributed by atoms with van der Waals surface area (Å²) in [7, 11) is 1.74. The van der Waals surface area contributed by atoms with Crippen LogP contribution in [0.3, 0.4) is 0 Å². The Morgan fingerprint density at radius 2 is 0.943 bits per heavy atom. The Morgan fingerprint density at radius 1 is 0.543 bits per heavy atom. The van der Waals surface area contributed by atoms with Crippen LogP contribution < -0.4 is 9.47 Å². The average molecular weight is 465 g/mol. The van der Waals surface area contributed by atoms with Gasteiger partial charge in [0.05, 0.1) is 7.11 Å². The summed E-state index contributed by atoms with van der Waals surface area (Å²) in [6.07, 6.45) is 0. The molecule has 0 radical (unpaired) electrons. The normalized spacial score (nSPS) is 11.4. The van der Waals surface area contributed by atoms with Crippen molar-refractivity contribution in [3.63, 3.8) is 0 Å². The molecule has 0 atom stereocenters. The Morgan fingerprint density at radius 3 is 1.37 bits per heavy atom. The molecule has 35 heavy (non-hydrogen) atoms. The smallest absolute Gasteiger partial charge is 0.133 e. The van der Waals surface area contributed by atoms with Crippen molar-refractivity contribution in [2.45, 2.75) is 53.9 Å². The van der Waals surface area contributed by atoms with E-state index in [9.17, 15) is 0 Å². The van der Waals surface area contributed by atoms with Crippen LogP contribution in [-0.4, -0.2) is 7.11 Å². The molecule has 0 amide bonds. The van der Waals surface area contributed by atoms with E-state index in [1.54, 1.807) is 7.11 Å². The molecule has 0 N–H and O–H groups in total. The van der Waals surface area contributed by atoms with Gasteiger partial charge in [-0.25, -0.2) is 0 Å². The largest absolute Gasteiger partial charge is 0.496 e. The highest BCUT2D eigenvalue weighted by molar-refractivity contribution is 5.64. The van der Waals surface area contributed by atoms with E-state index in [1.165, 1.54) is 27.8 Å². The highest BCUT2D eigenvalue weighted by atomic mass is 16.5. The minimum absolute atomic E-state index is 0.147. The molecule has 0 unspecified atom stereocenters. The number of methoxy groups -OCH3 is 1. The van der Waals surface area contributed by atoms with E-state index in [-0.39, 0.29) is 5.41 Å². The average Bonchev–Trinajstić information content (AvgIpc) is 2.82. The van der Waals surface area contributed by atoms with Gasteiger partial charge in [0.25, 0.3) is 0 Å². The minimum atomic E-state index is -0.147. The molecule has 0 aliphatic rings. The Kier molecular flexibility index (Phi) is 6.76. The summed E-state index contributed by atoms with van der Waals surface area (Å²) in [5, 5.41) is 0. The minimum Gasteiger partial charge on any atom is -0.496 e. The predicted molar refractivity (Wildman–Crippen MR) is 147 cm³/mol. The van der Waals surface area contributed by atoms with Crippen molar-refractivity contribution >= 4 is 0 Å². The molecule has 0 aromatic heterocycles. The van der Waals surface area contributed by atoms with Gasteiger partial charge >= 0.3 is 0 Å². The number of benzene rings is 4. The SMILES string of the molecule is COc1c(C)cc(C(C)(C)c2cc(C)c(Oc3ccc(-c4ccc(C)cc4)cc3)c(C)c2)cc1C. The quantitative estimate of drug-likeness (QED) is 0.283. The van der Waals surface area contributed by atoms with Crippen LogP contribution in [0.2, 0.25) is 0 Å². The van der Waals surface area contributed by atoms with Gasteiger partial charge in [-0.1, -0.05) is 80.1 Å².